The molecule has 4 rings (SSSR count). The average molecular weight is 442 g/mol. The highest BCUT2D eigenvalue weighted by molar-refractivity contribution is 7.91. The number of sulfone groups is 1. The molecule has 30 heavy (non-hydrogen) atoms. The lowest BCUT2D eigenvalue weighted by atomic mass is 10.2. The number of fused-ring (bicyclic) bond motifs is 1. The summed E-state index contributed by atoms with van der Waals surface area (Å²) in [5.74, 6) is -0.331. The molecule has 0 saturated heterocycles. The van der Waals surface area contributed by atoms with Crippen LogP contribution in [0.3, 0.4) is 0 Å². The van der Waals surface area contributed by atoms with E-state index in [4.69, 9.17) is 0 Å². The summed E-state index contributed by atoms with van der Waals surface area (Å²) in [5.41, 5.74) is 0.860. The van der Waals surface area contributed by atoms with Crippen LogP contribution in [0.2, 0.25) is 0 Å². The van der Waals surface area contributed by atoms with Gasteiger partial charge in [0.15, 0.2) is 0 Å². The quantitative estimate of drug-likeness (QED) is 0.516. The van der Waals surface area contributed by atoms with Gasteiger partial charge in [-0.3, -0.25) is 13.9 Å². The van der Waals surface area contributed by atoms with Gasteiger partial charge in [0.25, 0.3) is 0 Å². The van der Waals surface area contributed by atoms with Gasteiger partial charge in [-0.15, -0.1) is 11.3 Å². The van der Waals surface area contributed by atoms with Crippen LogP contribution < -0.4 is 11.0 Å². The Morgan fingerprint density at radius 2 is 1.67 bits per heavy atom. The molecule has 0 aliphatic carbocycles. The molecule has 9 heteroatoms. The van der Waals surface area contributed by atoms with Crippen molar-refractivity contribution in [3.63, 3.8) is 0 Å². The summed E-state index contributed by atoms with van der Waals surface area (Å²) in [6.45, 7) is 0. The Labute approximate surface area is 177 Å². The van der Waals surface area contributed by atoms with Crippen molar-refractivity contribution in [2.75, 3.05) is 5.32 Å². The summed E-state index contributed by atoms with van der Waals surface area (Å²) in [6.07, 6.45) is 0.133. The predicted octanol–water partition coefficient (Wildman–Crippen LogP) is 2.95. The molecule has 1 amide bonds. The van der Waals surface area contributed by atoms with Crippen molar-refractivity contribution in [2.45, 2.75) is 16.2 Å². The summed E-state index contributed by atoms with van der Waals surface area (Å²) in [6, 6.07) is 14.7. The zero-order valence-corrected chi connectivity index (χ0v) is 18.0. The maximum atomic E-state index is 13.4. The number of hydrogen-bond acceptors (Lipinski definition) is 5. The molecule has 2 aromatic carbocycles. The van der Waals surface area contributed by atoms with Crippen LogP contribution in [-0.2, 0) is 35.1 Å². The summed E-state index contributed by atoms with van der Waals surface area (Å²) in [7, 11) is -0.739. The number of carbonyl (C=O) groups excluding carboxylic acids is 1. The van der Waals surface area contributed by atoms with Crippen LogP contribution in [0.25, 0.3) is 11.0 Å². The zero-order valence-electron chi connectivity index (χ0n) is 16.3. The highest BCUT2D eigenvalue weighted by Crippen LogP contribution is 2.32. The van der Waals surface area contributed by atoms with Gasteiger partial charge in [-0.2, -0.15) is 0 Å². The molecule has 7 nitrogen and oxygen atoms in total. The van der Waals surface area contributed by atoms with E-state index in [0.29, 0.717) is 11.0 Å². The molecule has 0 unspecified atom stereocenters. The fraction of sp³-hybridized carbons (Fsp3) is 0.143. The molecular weight excluding hydrogens is 422 g/mol. The van der Waals surface area contributed by atoms with Gasteiger partial charge >= 0.3 is 5.69 Å². The number of aryl methyl sites for hydroxylation is 2. The van der Waals surface area contributed by atoms with Crippen LogP contribution in [-0.4, -0.2) is 23.5 Å². The first-order valence-corrected chi connectivity index (χ1v) is 11.5. The normalized spacial score (nSPS) is 11.7. The molecule has 1 N–H and O–H groups in total. The first-order valence-electron chi connectivity index (χ1n) is 9.11. The standard InChI is InChI=1S/C21H19N3O4S2/c1-23-17-12-16(22-20(25)11-14-7-6-10-29-14)19(13-18(17)24(2)21(23)26)30(27,28)15-8-4-3-5-9-15/h3-10,12-13H,11H2,1-2H3,(H,22,25). The van der Waals surface area contributed by atoms with Crippen molar-refractivity contribution in [3.05, 3.63) is 75.3 Å². The third kappa shape index (κ3) is 3.46. The Kier molecular flexibility index (Phi) is 5.08. The lowest BCUT2D eigenvalue weighted by Crippen LogP contribution is -2.19. The molecule has 4 aromatic rings. The van der Waals surface area contributed by atoms with Gasteiger partial charge in [0, 0.05) is 19.0 Å². The third-order valence-electron chi connectivity index (χ3n) is 4.91. The van der Waals surface area contributed by atoms with Crippen molar-refractivity contribution in [3.8, 4) is 0 Å². The van der Waals surface area contributed by atoms with Gasteiger partial charge in [-0.1, -0.05) is 24.3 Å². The lowest BCUT2D eigenvalue weighted by Gasteiger charge is -2.13. The zero-order chi connectivity index (χ0) is 21.5. The maximum absolute atomic E-state index is 13.4. The van der Waals surface area contributed by atoms with Gasteiger partial charge in [0.1, 0.15) is 0 Å². The topological polar surface area (TPSA) is 90.2 Å². The van der Waals surface area contributed by atoms with Crippen LogP contribution in [0.1, 0.15) is 4.88 Å². The Morgan fingerprint density at radius 3 is 2.30 bits per heavy atom. The molecule has 0 radical (unpaired) electrons. The third-order valence-corrected chi connectivity index (χ3v) is 7.59. The molecule has 0 saturated carbocycles. The number of carbonyl (C=O) groups is 1. The van der Waals surface area contributed by atoms with Crippen LogP contribution in [0.15, 0.2) is 74.6 Å². The predicted molar refractivity (Wildman–Crippen MR) is 117 cm³/mol. The van der Waals surface area contributed by atoms with E-state index in [1.54, 1.807) is 38.4 Å². The first kappa shape index (κ1) is 20.1. The molecule has 0 atom stereocenters. The molecule has 0 aliphatic heterocycles. The number of amides is 1. The highest BCUT2D eigenvalue weighted by Gasteiger charge is 2.25. The van der Waals surface area contributed by atoms with Crippen LogP contribution >= 0.6 is 11.3 Å². The van der Waals surface area contributed by atoms with Gasteiger partial charge in [-0.25, -0.2) is 13.2 Å². The number of benzene rings is 2. The molecule has 0 aliphatic rings. The van der Waals surface area contributed by atoms with Gasteiger partial charge in [-0.05, 0) is 35.7 Å². The van der Waals surface area contributed by atoms with Gasteiger partial charge in [0.05, 0.1) is 32.9 Å². The number of aromatic nitrogens is 2. The van der Waals surface area contributed by atoms with Crippen molar-refractivity contribution in [1.29, 1.82) is 0 Å². The van der Waals surface area contributed by atoms with E-state index in [1.165, 1.54) is 38.7 Å². The summed E-state index contributed by atoms with van der Waals surface area (Å²) >= 11 is 1.45. The molecule has 2 heterocycles. The molecule has 0 bridgehead atoms. The Hall–Kier alpha value is -3.17. The van der Waals surface area contributed by atoms with Gasteiger partial charge < -0.3 is 5.32 Å². The molecular formula is C21H19N3O4S2. The molecule has 0 fully saturated rings. The maximum Gasteiger partial charge on any atom is 0.328 e. The van der Waals surface area contributed by atoms with E-state index in [9.17, 15) is 18.0 Å². The van der Waals surface area contributed by atoms with E-state index in [2.05, 4.69) is 5.32 Å². The average Bonchev–Trinajstić information content (AvgIpc) is 3.31. The Balaban J connectivity index is 1.88. The second kappa shape index (κ2) is 7.58. The Morgan fingerprint density at radius 1 is 1.00 bits per heavy atom. The fourth-order valence-corrected chi connectivity index (χ4v) is 5.48. The highest BCUT2D eigenvalue weighted by atomic mass is 32.2. The van der Waals surface area contributed by atoms with Crippen molar-refractivity contribution in [2.24, 2.45) is 14.1 Å². The Bertz CT molecular complexity index is 1400. The summed E-state index contributed by atoms with van der Waals surface area (Å²) in [4.78, 5) is 25.9. The molecule has 0 spiro atoms. The van der Waals surface area contributed by atoms with E-state index in [-0.39, 0.29) is 33.5 Å². The first-order chi connectivity index (χ1) is 14.3. The number of imidazole rings is 1. The van der Waals surface area contributed by atoms with Gasteiger partial charge in [0.2, 0.25) is 15.7 Å². The molecule has 2 aromatic heterocycles. The van der Waals surface area contributed by atoms with Crippen molar-refractivity contribution < 1.29 is 13.2 Å². The number of anilines is 1. The van der Waals surface area contributed by atoms with E-state index < -0.39 is 9.84 Å². The second-order valence-electron chi connectivity index (χ2n) is 6.86. The van der Waals surface area contributed by atoms with E-state index in [1.807, 2.05) is 17.5 Å². The second-order valence-corrected chi connectivity index (χ2v) is 9.81. The number of thiophene rings is 1. The number of rotatable bonds is 5. The smallest absolute Gasteiger partial charge is 0.325 e. The monoisotopic (exact) mass is 441 g/mol. The summed E-state index contributed by atoms with van der Waals surface area (Å²) < 4.78 is 29.5. The van der Waals surface area contributed by atoms with Crippen LogP contribution in [0.4, 0.5) is 5.69 Å². The minimum Gasteiger partial charge on any atom is -0.325 e. The van der Waals surface area contributed by atoms with E-state index >= 15 is 0 Å². The number of nitrogens with one attached hydrogen (secondary N) is 1. The SMILES string of the molecule is Cn1c(=O)n(C)c2cc(S(=O)(=O)c3ccccc3)c(NC(=O)Cc3cccs3)cc21. The fourth-order valence-electron chi connectivity index (χ4n) is 3.34. The lowest BCUT2D eigenvalue weighted by molar-refractivity contribution is -0.115. The number of nitrogens with zero attached hydrogens (tertiary/aromatic N) is 2. The number of hydrogen-bond donors (Lipinski definition) is 1. The van der Waals surface area contributed by atoms with Crippen LogP contribution in [0, 0.1) is 0 Å². The van der Waals surface area contributed by atoms with E-state index in [0.717, 1.165) is 4.88 Å². The van der Waals surface area contributed by atoms with Crippen molar-refractivity contribution in [1.82, 2.24) is 9.13 Å². The van der Waals surface area contributed by atoms with Crippen molar-refractivity contribution >= 4 is 43.8 Å². The largest absolute Gasteiger partial charge is 0.328 e. The molecule has 154 valence electrons. The summed E-state index contributed by atoms with van der Waals surface area (Å²) in [5, 5.41) is 4.61. The minimum absolute atomic E-state index is 0.0538. The van der Waals surface area contributed by atoms with Crippen LogP contribution in [0.5, 0.6) is 0 Å². The minimum atomic E-state index is -3.93.